The molecule has 1 saturated heterocycles. The third-order valence-electron chi connectivity index (χ3n) is 2.77. The number of aromatic nitrogens is 1. The molecule has 17 heavy (non-hydrogen) atoms. The Labute approximate surface area is 105 Å². The van der Waals surface area contributed by atoms with E-state index in [9.17, 15) is 4.79 Å². The number of thiazole rings is 1. The van der Waals surface area contributed by atoms with Crippen molar-refractivity contribution in [3.05, 3.63) is 16.1 Å². The monoisotopic (exact) mass is 254 g/mol. The predicted molar refractivity (Wildman–Crippen MR) is 68.5 cm³/mol. The number of nitrogens with zero attached hydrogens (tertiary/aromatic N) is 2. The van der Waals surface area contributed by atoms with E-state index < -0.39 is 0 Å². The molecular weight excluding hydrogens is 236 g/mol. The van der Waals surface area contributed by atoms with E-state index in [1.165, 1.54) is 11.3 Å². The van der Waals surface area contributed by atoms with Crippen LogP contribution in [-0.4, -0.2) is 55.1 Å². The number of rotatable bonds is 4. The van der Waals surface area contributed by atoms with Crippen LogP contribution < -0.4 is 10.6 Å². The quantitative estimate of drug-likeness (QED) is 0.799. The van der Waals surface area contributed by atoms with Crippen molar-refractivity contribution in [2.75, 3.05) is 39.3 Å². The van der Waals surface area contributed by atoms with Crippen LogP contribution >= 0.6 is 11.3 Å². The van der Waals surface area contributed by atoms with Crippen LogP contribution in [0.2, 0.25) is 0 Å². The number of nitrogens with one attached hydrogen (secondary N) is 2. The maximum atomic E-state index is 11.7. The minimum Gasteiger partial charge on any atom is -0.350 e. The fourth-order valence-electron chi connectivity index (χ4n) is 1.82. The van der Waals surface area contributed by atoms with Crippen LogP contribution in [0.25, 0.3) is 0 Å². The Morgan fingerprint density at radius 1 is 1.59 bits per heavy atom. The van der Waals surface area contributed by atoms with Crippen LogP contribution in [0.1, 0.15) is 14.7 Å². The van der Waals surface area contributed by atoms with Crippen molar-refractivity contribution in [2.45, 2.75) is 6.92 Å². The summed E-state index contributed by atoms with van der Waals surface area (Å²) < 4.78 is 0. The average Bonchev–Trinajstić information content (AvgIpc) is 2.77. The summed E-state index contributed by atoms with van der Waals surface area (Å²) >= 11 is 1.44. The Balaban J connectivity index is 1.69. The van der Waals surface area contributed by atoms with E-state index in [0.29, 0.717) is 11.4 Å². The average molecular weight is 254 g/mol. The SMILES string of the molecule is Cc1ncc(C(=O)NCCN2CCNCC2)s1. The molecule has 2 N–H and O–H groups in total. The zero-order valence-electron chi connectivity index (χ0n) is 10.0. The highest BCUT2D eigenvalue weighted by Crippen LogP contribution is 2.10. The molecule has 0 aliphatic carbocycles. The lowest BCUT2D eigenvalue weighted by Crippen LogP contribution is -2.46. The topological polar surface area (TPSA) is 57.3 Å². The first-order valence-electron chi connectivity index (χ1n) is 5.89. The number of hydrogen-bond donors (Lipinski definition) is 2. The van der Waals surface area contributed by atoms with Gasteiger partial charge in [0.15, 0.2) is 0 Å². The fraction of sp³-hybridized carbons (Fsp3) is 0.636. The summed E-state index contributed by atoms with van der Waals surface area (Å²) in [4.78, 5) is 18.9. The van der Waals surface area contributed by atoms with Gasteiger partial charge in [-0.2, -0.15) is 0 Å². The third-order valence-corrected chi connectivity index (χ3v) is 3.68. The first-order chi connectivity index (χ1) is 8.25. The summed E-state index contributed by atoms with van der Waals surface area (Å²) in [5, 5.41) is 7.16. The van der Waals surface area contributed by atoms with Crippen LogP contribution in [0, 0.1) is 6.92 Å². The minimum absolute atomic E-state index is 0.00858. The maximum Gasteiger partial charge on any atom is 0.263 e. The molecule has 0 unspecified atom stereocenters. The number of carbonyl (C=O) groups excluding carboxylic acids is 1. The van der Waals surface area contributed by atoms with Gasteiger partial charge in [0.05, 0.1) is 11.2 Å². The number of amides is 1. The van der Waals surface area contributed by atoms with Gasteiger partial charge >= 0.3 is 0 Å². The van der Waals surface area contributed by atoms with Crippen molar-refractivity contribution >= 4 is 17.2 Å². The highest BCUT2D eigenvalue weighted by molar-refractivity contribution is 7.13. The standard InChI is InChI=1S/C11H18N4OS/c1-9-14-8-10(17-9)11(16)13-4-7-15-5-2-12-3-6-15/h8,12H,2-7H2,1H3,(H,13,16). The molecule has 0 aromatic carbocycles. The van der Waals surface area contributed by atoms with Crippen molar-refractivity contribution in [1.82, 2.24) is 20.5 Å². The number of hydrogen-bond acceptors (Lipinski definition) is 5. The Kier molecular flexibility index (Phi) is 4.47. The molecule has 1 aliphatic heterocycles. The summed E-state index contributed by atoms with van der Waals surface area (Å²) in [5.74, 6) is -0.00858. The molecule has 94 valence electrons. The van der Waals surface area contributed by atoms with E-state index in [0.717, 1.165) is 37.7 Å². The highest BCUT2D eigenvalue weighted by atomic mass is 32.1. The fourth-order valence-corrected chi connectivity index (χ4v) is 2.51. The van der Waals surface area contributed by atoms with Crippen molar-refractivity contribution in [3.8, 4) is 0 Å². The summed E-state index contributed by atoms with van der Waals surface area (Å²) in [6, 6.07) is 0. The molecule has 2 heterocycles. The molecule has 1 aromatic heterocycles. The molecule has 0 radical (unpaired) electrons. The zero-order chi connectivity index (χ0) is 12.1. The van der Waals surface area contributed by atoms with Gasteiger partial charge in [0.1, 0.15) is 4.88 Å². The van der Waals surface area contributed by atoms with Gasteiger partial charge in [-0.05, 0) is 6.92 Å². The molecule has 2 rings (SSSR count). The van der Waals surface area contributed by atoms with Gasteiger partial charge in [0, 0.05) is 39.3 Å². The Morgan fingerprint density at radius 2 is 2.35 bits per heavy atom. The first-order valence-corrected chi connectivity index (χ1v) is 6.71. The van der Waals surface area contributed by atoms with Gasteiger partial charge in [-0.25, -0.2) is 4.98 Å². The molecule has 0 spiro atoms. The maximum absolute atomic E-state index is 11.7. The second kappa shape index (κ2) is 6.09. The lowest BCUT2D eigenvalue weighted by Gasteiger charge is -2.26. The van der Waals surface area contributed by atoms with Gasteiger partial charge in [0.2, 0.25) is 0 Å². The predicted octanol–water partition coefficient (Wildman–Crippen LogP) is 0.0865. The van der Waals surface area contributed by atoms with E-state index in [1.807, 2.05) is 6.92 Å². The lowest BCUT2D eigenvalue weighted by molar-refractivity contribution is 0.0951. The van der Waals surface area contributed by atoms with Crippen molar-refractivity contribution < 1.29 is 4.79 Å². The molecule has 0 bridgehead atoms. The normalized spacial score (nSPS) is 17.0. The van der Waals surface area contributed by atoms with Crippen LogP contribution in [-0.2, 0) is 0 Å². The molecular formula is C11H18N4OS. The number of piperazine rings is 1. The van der Waals surface area contributed by atoms with E-state index in [2.05, 4.69) is 20.5 Å². The Bertz CT molecular complexity index is 373. The van der Waals surface area contributed by atoms with Crippen molar-refractivity contribution in [1.29, 1.82) is 0 Å². The second-order valence-electron chi connectivity index (χ2n) is 4.09. The first kappa shape index (κ1) is 12.5. The zero-order valence-corrected chi connectivity index (χ0v) is 10.8. The largest absolute Gasteiger partial charge is 0.350 e. The lowest BCUT2D eigenvalue weighted by atomic mass is 10.3. The molecule has 1 amide bonds. The Hall–Kier alpha value is -0.980. The second-order valence-corrected chi connectivity index (χ2v) is 5.33. The minimum atomic E-state index is -0.00858. The third kappa shape index (κ3) is 3.76. The summed E-state index contributed by atoms with van der Waals surface area (Å²) in [6.45, 7) is 7.75. The van der Waals surface area contributed by atoms with Gasteiger partial charge in [-0.3, -0.25) is 9.69 Å². The molecule has 6 heteroatoms. The summed E-state index contributed by atoms with van der Waals surface area (Å²) in [7, 11) is 0. The van der Waals surface area contributed by atoms with Crippen molar-refractivity contribution in [3.63, 3.8) is 0 Å². The molecule has 5 nitrogen and oxygen atoms in total. The van der Waals surface area contributed by atoms with Gasteiger partial charge in [0.25, 0.3) is 5.91 Å². The van der Waals surface area contributed by atoms with Crippen molar-refractivity contribution in [2.24, 2.45) is 0 Å². The Morgan fingerprint density at radius 3 is 3.00 bits per heavy atom. The van der Waals surface area contributed by atoms with Crippen LogP contribution in [0.4, 0.5) is 0 Å². The van der Waals surface area contributed by atoms with Gasteiger partial charge in [-0.15, -0.1) is 11.3 Å². The van der Waals surface area contributed by atoms with E-state index in [1.54, 1.807) is 6.20 Å². The number of carbonyl (C=O) groups is 1. The summed E-state index contributed by atoms with van der Waals surface area (Å²) in [6.07, 6.45) is 1.64. The number of aryl methyl sites for hydroxylation is 1. The molecule has 1 aromatic rings. The molecule has 1 fully saturated rings. The van der Waals surface area contributed by atoms with E-state index >= 15 is 0 Å². The van der Waals surface area contributed by atoms with E-state index in [4.69, 9.17) is 0 Å². The summed E-state index contributed by atoms with van der Waals surface area (Å²) in [5.41, 5.74) is 0. The van der Waals surface area contributed by atoms with Gasteiger partial charge in [-0.1, -0.05) is 0 Å². The molecule has 1 aliphatic rings. The van der Waals surface area contributed by atoms with E-state index in [-0.39, 0.29) is 5.91 Å². The van der Waals surface area contributed by atoms with Crippen LogP contribution in [0.3, 0.4) is 0 Å². The van der Waals surface area contributed by atoms with Crippen LogP contribution in [0.15, 0.2) is 6.20 Å². The molecule has 0 atom stereocenters. The van der Waals surface area contributed by atoms with Crippen LogP contribution in [0.5, 0.6) is 0 Å². The molecule has 0 saturated carbocycles. The van der Waals surface area contributed by atoms with Gasteiger partial charge < -0.3 is 10.6 Å². The highest BCUT2D eigenvalue weighted by Gasteiger charge is 2.11. The smallest absolute Gasteiger partial charge is 0.263 e.